The molecule has 0 bridgehead atoms. The monoisotopic (exact) mass is 346 g/mol. The molecular formula is C6H4BrIZn. The molecule has 0 saturated carbocycles. The van der Waals surface area contributed by atoms with E-state index in [2.05, 4.69) is 34.1 Å². The summed E-state index contributed by atoms with van der Waals surface area (Å²) < 4.78 is 2.60. The first-order valence-corrected chi connectivity index (χ1v) is 4.64. The van der Waals surface area contributed by atoms with Gasteiger partial charge in [-0.1, -0.05) is 0 Å². The second kappa shape index (κ2) is 4.81. The van der Waals surface area contributed by atoms with Gasteiger partial charge in [0, 0.05) is 0 Å². The van der Waals surface area contributed by atoms with Crippen molar-refractivity contribution >= 4 is 20.1 Å². The van der Waals surface area contributed by atoms with Gasteiger partial charge in [0.1, 0.15) is 0 Å². The van der Waals surface area contributed by atoms with E-state index in [1.165, 1.54) is 26.9 Å². The maximum absolute atomic E-state index is 3.38. The predicted molar refractivity (Wildman–Crippen MR) is 33.8 cm³/mol. The molecule has 0 radical (unpaired) electrons. The van der Waals surface area contributed by atoms with Crippen LogP contribution in [-0.4, -0.2) is 0 Å². The molecule has 1 aromatic carbocycles. The maximum atomic E-state index is 3.38. The molecule has 0 amide bonds. The molecule has 0 aromatic heterocycles. The van der Waals surface area contributed by atoms with E-state index in [0.29, 0.717) is 0 Å². The standard InChI is InChI=1S/C6H4Br.HI.Zn/c7-6-4-2-1-3-5-6;;/h1-2,4-5H;1H;/q;;+1/p-1. The Balaban J connectivity index is 0.000000640. The fourth-order valence-electron chi connectivity index (χ4n) is 0.537. The summed E-state index contributed by atoms with van der Waals surface area (Å²) in [6.07, 6.45) is 0. The van der Waals surface area contributed by atoms with Gasteiger partial charge in [0.25, 0.3) is 0 Å². The number of benzene rings is 1. The Hall–Kier alpha value is 1.05. The molecule has 0 fully saturated rings. The van der Waals surface area contributed by atoms with Gasteiger partial charge in [-0.15, -0.1) is 0 Å². The average molecular weight is 348 g/mol. The molecule has 0 aliphatic rings. The Kier molecular flexibility index (Phi) is 5.37. The number of rotatable bonds is 0. The molecule has 0 spiro atoms. The zero-order chi connectivity index (χ0) is 5.98. The van der Waals surface area contributed by atoms with Crippen LogP contribution in [0.5, 0.6) is 0 Å². The minimum atomic E-state index is 0. The van der Waals surface area contributed by atoms with E-state index in [9.17, 15) is 0 Å². The van der Waals surface area contributed by atoms with Crippen molar-refractivity contribution in [2.45, 2.75) is 0 Å². The summed E-state index contributed by atoms with van der Waals surface area (Å²) in [5.74, 6) is 0. The van der Waals surface area contributed by atoms with Crippen LogP contribution in [0.15, 0.2) is 28.7 Å². The van der Waals surface area contributed by atoms with Crippen LogP contribution >= 0.6 is 15.9 Å². The first kappa shape index (κ1) is 10.1. The van der Waals surface area contributed by atoms with Gasteiger partial charge in [-0.05, 0) is 0 Å². The Morgan fingerprint density at radius 1 is 1.33 bits per heavy atom. The third-order valence-electron chi connectivity index (χ3n) is 0.889. The van der Waals surface area contributed by atoms with Crippen LogP contribution in [0.2, 0.25) is 0 Å². The van der Waals surface area contributed by atoms with Crippen LogP contribution < -0.4 is 28.1 Å². The molecule has 0 aliphatic carbocycles. The predicted octanol–water partition coefficient (Wildman–Crippen LogP) is -1.37. The molecule has 0 aliphatic heterocycles. The number of halogens is 2. The van der Waals surface area contributed by atoms with Crippen molar-refractivity contribution in [2.24, 2.45) is 0 Å². The average Bonchev–Trinajstić information content (AvgIpc) is 1.64. The van der Waals surface area contributed by atoms with E-state index >= 15 is 0 Å². The van der Waals surface area contributed by atoms with Crippen molar-refractivity contribution in [3.8, 4) is 0 Å². The molecule has 0 N–H and O–H groups in total. The van der Waals surface area contributed by atoms with Gasteiger partial charge in [-0.3, -0.25) is 0 Å². The zero-order valence-corrected chi connectivity index (χ0v) is 11.5. The first-order chi connectivity index (χ1) is 3.79. The Morgan fingerprint density at radius 3 is 2.33 bits per heavy atom. The van der Waals surface area contributed by atoms with Gasteiger partial charge in [-0.25, -0.2) is 0 Å². The van der Waals surface area contributed by atoms with Crippen molar-refractivity contribution in [1.82, 2.24) is 0 Å². The van der Waals surface area contributed by atoms with Crippen molar-refractivity contribution in [3.05, 3.63) is 28.7 Å². The van der Waals surface area contributed by atoms with Gasteiger partial charge in [0.05, 0.1) is 0 Å². The molecule has 9 heavy (non-hydrogen) atoms. The van der Waals surface area contributed by atoms with Crippen LogP contribution in [0, 0.1) is 0 Å². The molecule has 0 unspecified atom stereocenters. The van der Waals surface area contributed by atoms with Gasteiger partial charge >= 0.3 is 67.1 Å². The summed E-state index contributed by atoms with van der Waals surface area (Å²) in [4.78, 5) is 0. The van der Waals surface area contributed by atoms with Crippen LogP contribution in [0.4, 0.5) is 0 Å². The Bertz CT molecular complexity index is 173. The van der Waals surface area contributed by atoms with Crippen LogP contribution in [0.25, 0.3) is 0 Å². The summed E-state index contributed by atoms with van der Waals surface area (Å²) in [5, 5.41) is 0. The van der Waals surface area contributed by atoms with Gasteiger partial charge in [0.2, 0.25) is 0 Å². The summed E-state index contributed by atoms with van der Waals surface area (Å²) >= 11 is 4.62. The van der Waals surface area contributed by atoms with E-state index < -0.39 is 0 Å². The Labute approximate surface area is 90.2 Å². The summed E-state index contributed by atoms with van der Waals surface area (Å²) in [6.45, 7) is 0. The molecule has 1 rings (SSSR count). The fraction of sp³-hybridized carbons (Fsp3) is 0. The van der Waals surface area contributed by atoms with Crippen molar-refractivity contribution < 1.29 is 42.3 Å². The summed E-state index contributed by atoms with van der Waals surface area (Å²) in [7, 11) is 0. The first-order valence-electron chi connectivity index (χ1n) is 2.36. The van der Waals surface area contributed by atoms with Gasteiger partial charge < -0.3 is 24.0 Å². The van der Waals surface area contributed by atoms with Crippen LogP contribution in [0.3, 0.4) is 0 Å². The minimum absolute atomic E-state index is 0. The SMILES string of the molecule is [I-].[Zn+][c]1cccc(Br)c1. The molecule has 0 atom stereocenters. The van der Waals surface area contributed by atoms with E-state index in [0.717, 1.165) is 0 Å². The Morgan fingerprint density at radius 2 is 2.00 bits per heavy atom. The van der Waals surface area contributed by atoms with E-state index in [4.69, 9.17) is 0 Å². The van der Waals surface area contributed by atoms with Gasteiger partial charge in [0.15, 0.2) is 0 Å². The molecule has 0 heterocycles. The molecule has 0 saturated heterocycles. The molecule has 1 aromatic rings. The second-order valence-corrected chi connectivity index (χ2v) is 4.26. The van der Waals surface area contributed by atoms with Gasteiger partial charge in [-0.2, -0.15) is 0 Å². The fourth-order valence-corrected chi connectivity index (χ4v) is 2.36. The molecule has 0 nitrogen and oxygen atoms in total. The number of hydrogen-bond donors (Lipinski definition) is 0. The summed E-state index contributed by atoms with van der Waals surface area (Å²) in [6, 6.07) is 8.37. The van der Waals surface area contributed by atoms with Crippen molar-refractivity contribution in [1.29, 1.82) is 0 Å². The quantitative estimate of drug-likeness (QED) is 0.401. The second-order valence-electron chi connectivity index (χ2n) is 1.63. The normalized spacial score (nSPS) is 8.33. The summed E-state index contributed by atoms with van der Waals surface area (Å²) in [5.41, 5.74) is 0. The van der Waals surface area contributed by atoms with Crippen molar-refractivity contribution in [3.63, 3.8) is 0 Å². The van der Waals surface area contributed by atoms with E-state index in [1.54, 1.807) is 0 Å². The zero-order valence-electron chi connectivity index (χ0n) is 4.77. The van der Waals surface area contributed by atoms with Crippen molar-refractivity contribution in [2.75, 3.05) is 0 Å². The van der Waals surface area contributed by atoms with E-state index in [1.807, 2.05) is 6.07 Å². The number of hydrogen-bond acceptors (Lipinski definition) is 0. The van der Waals surface area contributed by atoms with E-state index in [-0.39, 0.29) is 24.0 Å². The molecule has 44 valence electrons. The third kappa shape index (κ3) is 3.69. The third-order valence-corrected chi connectivity index (χ3v) is 2.31. The van der Waals surface area contributed by atoms with Crippen LogP contribution in [-0.2, 0) is 18.3 Å². The topological polar surface area (TPSA) is 0 Å². The molecular weight excluding hydrogens is 344 g/mol. The van der Waals surface area contributed by atoms with Crippen LogP contribution in [0.1, 0.15) is 0 Å². The molecule has 3 heteroatoms.